The minimum Gasteiger partial charge on any atom is -0.489 e. The molecular weight excluding hydrogens is 901 g/mol. The quantitative estimate of drug-likeness (QED) is 0.0309. The zero-order valence-corrected chi connectivity index (χ0v) is 41.9. The van der Waals surface area contributed by atoms with Gasteiger partial charge in [0.15, 0.2) is 0 Å². The van der Waals surface area contributed by atoms with Crippen LogP contribution in [-0.2, 0) is 67.9 Å². The van der Waals surface area contributed by atoms with E-state index in [0.717, 1.165) is 45.0 Å². The van der Waals surface area contributed by atoms with Gasteiger partial charge in [-0.2, -0.15) is 0 Å². The zero-order valence-electron chi connectivity index (χ0n) is 40.9. The van der Waals surface area contributed by atoms with Crippen LogP contribution in [0, 0.1) is 5.92 Å². The average Bonchev–Trinajstić information content (AvgIpc) is 3.34. The van der Waals surface area contributed by atoms with Crippen LogP contribution in [0.5, 0.6) is 11.5 Å². The number of carbonyl (C=O) groups is 4. The van der Waals surface area contributed by atoms with Crippen LogP contribution < -0.4 is 20.3 Å². The topological polar surface area (TPSA) is 148 Å². The third-order valence-corrected chi connectivity index (χ3v) is 12.8. The monoisotopic (exact) mass is 964 g/mol. The fourth-order valence-electron chi connectivity index (χ4n) is 7.39. The van der Waals surface area contributed by atoms with Crippen LogP contribution in [0.15, 0.2) is 158 Å². The molecule has 13 heteroatoms. The molecular formula is C57H64N2O10Si. The summed E-state index contributed by atoms with van der Waals surface area (Å²) in [5, 5.41) is 2.77. The van der Waals surface area contributed by atoms with Gasteiger partial charge in [-0.15, -0.1) is 5.48 Å². The van der Waals surface area contributed by atoms with Gasteiger partial charge in [-0.1, -0.05) is 159 Å². The van der Waals surface area contributed by atoms with Gasteiger partial charge in [-0.25, -0.2) is 19.2 Å². The van der Waals surface area contributed by atoms with E-state index in [2.05, 4.69) is 30.4 Å². The Hall–Kier alpha value is -7.38. The molecule has 6 aromatic rings. The summed E-state index contributed by atoms with van der Waals surface area (Å²) < 4.78 is 29.6. The van der Waals surface area contributed by atoms with E-state index in [1.54, 1.807) is 20.8 Å². The number of benzene rings is 6. The molecule has 2 amide bonds. The number of hydrogen-bond donors (Lipinski definition) is 2. The molecule has 0 saturated heterocycles. The lowest BCUT2D eigenvalue weighted by Crippen LogP contribution is -2.45. The lowest BCUT2D eigenvalue weighted by atomic mass is 9.92. The van der Waals surface area contributed by atoms with Crippen LogP contribution >= 0.6 is 0 Å². The molecule has 2 atom stereocenters. The molecule has 6 aromatic carbocycles. The lowest BCUT2D eigenvalue weighted by Gasteiger charge is -2.24. The van der Waals surface area contributed by atoms with Crippen molar-refractivity contribution in [2.75, 3.05) is 0 Å². The maximum Gasteiger partial charge on any atom is 0.441 e. The van der Waals surface area contributed by atoms with Crippen LogP contribution in [0.1, 0.15) is 60.6 Å². The predicted molar refractivity (Wildman–Crippen MR) is 272 cm³/mol. The normalized spacial score (nSPS) is 12.1. The third-order valence-electron chi connectivity index (χ3n) is 11.0. The first-order valence-corrected chi connectivity index (χ1v) is 27.2. The van der Waals surface area contributed by atoms with Crippen LogP contribution in [-0.4, -0.2) is 43.8 Å². The summed E-state index contributed by atoms with van der Waals surface area (Å²) in [5.41, 5.74) is 7.81. The molecule has 1 unspecified atom stereocenters. The van der Waals surface area contributed by atoms with Gasteiger partial charge >= 0.3 is 24.1 Å². The van der Waals surface area contributed by atoms with Crippen LogP contribution in [0.2, 0.25) is 25.7 Å². The summed E-state index contributed by atoms with van der Waals surface area (Å²) in [5.74, 6) is -0.807. The van der Waals surface area contributed by atoms with Crippen LogP contribution in [0.25, 0.3) is 11.1 Å². The first-order chi connectivity index (χ1) is 33.6. The average molecular weight is 965 g/mol. The van der Waals surface area contributed by atoms with E-state index in [-0.39, 0.29) is 39.3 Å². The minimum absolute atomic E-state index is 0.00134. The Labute approximate surface area is 412 Å². The number of carbonyl (C=O) groups excluding carboxylic acids is 4. The summed E-state index contributed by atoms with van der Waals surface area (Å²) >= 11 is 0. The van der Waals surface area contributed by atoms with E-state index in [4.69, 9.17) is 28.5 Å². The highest BCUT2D eigenvalue weighted by molar-refractivity contribution is 6.76. The molecule has 12 nitrogen and oxygen atoms in total. The Bertz CT molecular complexity index is 2620. The van der Waals surface area contributed by atoms with Gasteiger partial charge in [-0.05, 0) is 102 Å². The van der Waals surface area contributed by atoms with E-state index in [0.29, 0.717) is 23.5 Å². The van der Waals surface area contributed by atoms with Gasteiger partial charge in [0.2, 0.25) is 0 Å². The molecule has 6 rings (SSSR count). The first-order valence-electron chi connectivity index (χ1n) is 23.5. The molecule has 0 aliphatic rings. The molecule has 366 valence electrons. The second kappa shape index (κ2) is 25.3. The van der Waals surface area contributed by atoms with Crippen molar-refractivity contribution in [3.63, 3.8) is 0 Å². The van der Waals surface area contributed by atoms with Crippen molar-refractivity contribution < 1.29 is 47.7 Å². The van der Waals surface area contributed by atoms with Gasteiger partial charge in [0.1, 0.15) is 49.6 Å². The van der Waals surface area contributed by atoms with Crippen molar-refractivity contribution in [1.82, 2.24) is 10.8 Å². The number of ether oxygens (including phenoxy) is 5. The minimum atomic E-state index is -1.65. The molecule has 0 aliphatic carbocycles. The highest BCUT2D eigenvalue weighted by atomic mass is 28.3. The number of hydroxylamine groups is 1. The molecule has 0 saturated carbocycles. The zero-order chi connectivity index (χ0) is 49.9. The number of alkyl carbamates (subject to hydrolysis) is 1. The molecule has 2 N–H and O–H groups in total. The molecule has 0 radical (unpaired) electrons. The van der Waals surface area contributed by atoms with E-state index in [1.807, 2.05) is 158 Å². The van der Waals surface area contributed by atoms with Crippen molar-refractivity contribution in [3.8, 4) is 22.6 Å². The summed E-state index contributed by atoms with van der Waals surface area (Å²) in [6.45, 7) is 12.5. The molecule has 0 spiro atoms. The molecule has 0 aliphatic heterocycles. The Morgan fingerprint density at radius 3 is 1.43 bits per heavy atom. The number of amides is 2. The van der Waals surface area contributed by atoms with Crippen LogP contribution in [0.4, 0.5) is 9.59 Å². The largest absolute Gasteiger partial charge is 0.489 e. The van der Waals surface area contributed by atoms with Gasteiger partial charge in [-0.3, -0.25) is 0 Å². The summed E-state index contributed by atoms with van der Waals surface area (Å²) in [4.78, 5) is 59.3. The molecule has 0 fully saturated rings. The maximum atomic E-state index is 14.0. The highest BCUT2D eigenvalue weighted by Crippen LogP contribution is 2.34. The third kappa shape index (κ3) is 17.6. The maximum absolute atomic E-state index is 14.0. The molecule has 0 aromatic heterocycles. The van der Waals surface area contributed by atoms with Crippen molar-refractivity contribution in [3.05, 3.63) is 191 Å². The molecule has 70 heavy (non-hydrogen) atoms. The summed E-state index contributed by atoms with van der Waals surface area (Å²) in [7, 11) is -1.65. The fraction of sp³-hybridized carbons (Fsp3) is 0.298. The van der Waals surface area contributed by atoms with Gasteiger partial charge in [0.25, 0.3) is 0 Å². The number of rotatable bonds is 21. The van der Waals surface area contributed by atoms with Crippen LogP contribution in [0.3, 0.4) is 0 Å². The van der Waals surface area contributed by atoms with E-state index in [1.165, 1.54) is 0 Å². The first kappa shape index (κ1) is 52.0. The summed E-state index contributed by atoms with van der Waals surface area (Å²) in [6.07, 6.45) is -0.894. The Morgan fingerprint density at radius 1 is 0.529 bits per heavy atom. The fourth-order valence-corrected chi connectivity index (χ4v) is 8.60. The van der Waals surface area contributed by atoms with Crippen molar-refractivity contribution in [2.45, 2.75) is 104 Å². The van der Waals surface area contributed by atoms with Crippen molar-refractivity contribution >= 4 is 32.2 Å². The van der Waals surface area contributed by atoms with Gasteiger partial charge < -0.3 is 33.8 Å². The Kier molecular flexibility index (Phi) is 18.8. The molecule has 0 bridgehead atoms. The van der Waals surface area contributed by atoms with E-state index >= 15 is 0 Å². The molecule has 0 heterocycles. The summed E-state index contributed by atoms with van der Waals surface area (Å²) in [6, 6.07) is 49.3. The Morgan fingerprint density at radius 2 is 0.971 bits per heavy atom. The van der Waals surface area contributed by atoms with Crippen molar-refractivity contribution in [1.29, 1.82) is 0 Å². The highest BCUT2D eigenvalue weighted by Gasteiger charge is 2.29. The predicted octanol–water partition coefficient (Wildman–Crippen LogP) is 12.0. The Balaban J connectivity index is 1.33. The standard InChI is InChI=1S/C57H64N2O10Si/c1-57(2,3)68-55(62)58-50(54(61)66-39-43-23-15-9-16-24-43)36-49-34-46(28-30-52(49)65-38-42-21-13-8-14-22-42)45-27-29-51(64-37-41-19-11-7-12-20-41)48(33-45)35-47(31-32-70(4,5)6)53(60)69-59-56(63)67-40-44-25-17-10-18-26-44/h7-30,33-34,47,50H,31-32,35-40H2,1-6H3,(H,58,62)(H,59,63)/t47?,50-/m0/s1. The number of hydrogen-bond acceptors (Lipinski definition) is 10. The second-order valence-electron chi connectivity index (χ2n) is 19.3. The number of nitrogens with one attached hydrogen (secondary N) is 2. The van der Waals surface area contributed by atoms with E-state index in [9.17, 15) is 19.2 Å². The second-order valence-corrected chi connectivity index (χ2v) is 24.9. The van der Waals surface area contributed by atoms with Crippen molar-refractivity contribution in [2.24, 2.45) is 5.92 Å². The number of esters is 1. The van der Waals surface area contributed by atoms with Gasteiger partial charge in [0, 0.05) is 14.5 Å². The lowest BCUT2D eigenvalue weighted by molar-refractivity contribution is -0.155. The SMILES string of the molecule is CC(C)(C)OC(=O)N[C@@H](Cc1cc(-c2ccc(OCc3ccccc3)c(CC(CC[Si](C)(C)C)C(=O)ONC(=O)OCc3ccccc3)c2)ccc1OCc1ccccc1)C(=O)OCc1ccccc1. The smallest absolute Gasteiger partial charge is 0.441 e. The van der Waals surface area contributed by atoms with E-state index < -0.39 is 49.8 Å². The van der Waals surface area contributed by atoms with Gasteiger partial charge in [0.05, 0.1) is 5.92 Å².